The Labute approximate surface area is 206 Å². The Bertz CT molecular complexity index is 1300. The number of nitrogens with one attached hydrogen (secondary N) is 1. The first kappa shape index (κ1) is 22.2. The summed E-state index contributed by atoms with van der Waals surface area (Å²) in [6, 6.07) is 24.8. The van der Waals surface area contributed by atoms with E-state index in [1.807, 2.05) is 37.4 Å². The molecule has 1 aliphatic heterocycles. The number of nitrogens with zero attached hydrogens (tertiary/aromatic N) is 3. The molecule has 1 fully saturated rings. The first-order chi connectivity index (χ1) is 16.6. The van der Waals surface area contributed by atoms with Crippen LogP contribution in [0, 0.1) is 13.8 Å². The van der Waals surface area contributed by atoms with E-state index in [2.05, 4.69) is 88.3 Å². The lowest BCUT2D eigenvalue weighted by molar-refractivity contribution is 0.340. The molecule has 34 heavy (non-hydrogen) atoms. The molecular weight excluding hydrogens is 440 g/mol. The molecule has 3 heterocycles. The minimum absolute atomic E-state index is 0.0777. The summed E-state index contributed by atoms with van der Waals surface area (Å²) in [5, 5.41) is 4.25. The monoisotopic (exact) mass is 468 g/mol. The van der Waals surface area contributed by atoms with Gasteiger partial charge in [0.05, 0.1) is 18.3 Å². The molecule has 2 aromatic heterocycles. The van der Waals surface area contributed by atoms with Crippen molar-refractivity contribution >= 4 is 23.0 Å². The summed E-state index contributed by atoms with van der Waals surface area (Å²) < 4.78 is 7.86. The third kappa shape index (κ3) is 4.05. The molecule has 0 aliphatic carbocycles. The number of aryl methyl sites for hydroxylation is 2. The largest absolute Gasteiger partial charge is 0.494 e. The van der Waals surface area contributed by atoms with Gasteiger partial charge in [-0.05, 0) is 105 Å². The first-order valence-electron chi connectivity index (χ1n) is 11.5. The van der Waals surface area contributed by atoms with Crippen LogP contribution in [-0.4, -0.2) is 21.3 Å². The maximum absolute atomic E-state index is 5.89. The van der Waals surface area contributed by atoms with E-state index in [0.29, 0.717) is 11.7 Å². The molecule has 1 saturated heterocycles. The number of pyridine rings is 1. The smallest absolute Gasteiger partial charge is 0.174 e. The Kier molecular flexibility index (Phi) is 6.07. The highest BCUT2D eigenvalue weighted by molar-refractivity contribution is 7.80. The summed E-state index contributed by atoms with van der Waals surface area (Å²) in [6.45, 7) is 6.91. The lowest BCUT2D eigenvalue weighted by atomic mass is 10.00. The lowest BCUT2D eigenvalue weighted by Crippen LogP contribution is -2.30. The third-order valence-electron chi connectivity index (χ3n) is 6.38. The van der Waals surface area contributed by atoms with Crippen LogP contribution in [0.25, 0.3) is 5.69 Å². The highest BCUT2D eigenvalue weighted by Crippen LogP contribution is 2.42. The number of aromatic nitrogens is 2. The van der Waals surface area contributed by atoms with Crippen LogP contribution in [0.5, 0.6) is 5.75 Å². The molecule has 5 rings (SSSR count). The Morgan fingerprint density at radius 2 is 1.74 bits per heavy atom. The fraction of sp³-hybridized carbons (Fsp3) is 0.214. The van der Waals surface area contributed by atoms with Crippen molar-refractivity contribution < 1.29 is 4.74 Å². The van der Waals surface area contributed by atoms with E-state index < -0.39 is 0 Å². The predicted molar refractivity (Wildman–Crippen MR) is 141 cm³/mol. The Balaban J connectivity index is 1.62. The fourth-order valence-electron chi connectivity index (χ4n) is 4.55. The van der Waals surface area contributed by atoms with E-state index in [0.717, 1.165) is 28.5 Å². The predicted octanol–water partition coefficient (Wildman–Crippen LogP) is 6.06. The van der Waals surface area contributed by atoms with Crippen LogP contribution in [0.3, 0.4) is 0 Å². The van der Waals surface area contributed by atoms with Crippen molar-refractivity contribution in [3.8, 4) is 11.4 Å². The van der Waals surface area contributed by atoms with Crippen molar-refractivity contribution in [3.05, 3.63) is 108 Å². The van der Waals surface area contributed by atoms with Crippen LogP contribution in [-0.2, 0) is 0 Å². The fourth-order valence-corrected chi connectivity index (χ4v) is 4.89. The maximum atomic E-state index is 5.89. The number of anilines is 1. The van der Waals surface area contributed by atoms with Crippen LogP contribution < -0.4 is 15.0 Å². The zero-order valence-electron chi connectivity index (χ0n) is 19.6. The minimum Gasteiger partial charge on any atom is -0.494 e. The molecule has 0 bridgehead atoms. The molecule has 0 radical (unpaired) electrons. The molecule has 2 atom stereocenters. The third-order valence-corrected chi connectivity index (χ3v) is 6.69. The number of hydrogen-bond donors (Lipinski definition) is 1. The normalized spacial score (nSPS) is 17.6. The van der Waals surface area contributed by atoms with Gasteiger partial charge in [-0.1, -0.05) is 12.1 Å². The molecule has 2 aromatic carbocycles. The lowest BCUT2D eigenvalue weighted by Gasteiger charge is -2.29. The summed E-state index contributed by atoms with van der Waals surface area (Å²) in [6.07, 6.45) is 3.93. The first-order valence-corrected chi connectivity index (χ1v) is 12.0. The highest BCUT2D eigenvalue weighted by atomic mass is 32.1. The van der Waals surface area contributed by atoms with Crippen molar-refractivity contribution in [3.63, 3.8) is 0 Å². The quantitative estimate of drug-likeness (QED) is 0.348. The Morgan fingerprint density at radius 1 is 0.941 bits per heavy atom. The molecule has 6 heteroatoms. The molecule has 0 unspecified atom stereocenters. The highest BCUT2D eigenvalue weighted by Gasteiger charge is 2.42. The molecule has 172 valence electrons. The van der Waals surface area contributed by atoms with Gasteiger partial charge >= 0.3 is 0 Å². The van der Waals surface area contributed by atoms with Crippen LogP contribution in [0.1, 0.15) is 41.5 Å². The molecule has 0 saturated carbocycles. The second-order valence-electron chi connectivity index (χ2n) is 8.50. The number of rotatable bonds is 6. The summed E-state index contributed by atoms with van der Waals surface area (Å²) in [4.78, 5) is 6.90. The van der Waals surface area contributed by atoms with Gasteiger partial charge in [-0.3, -0.25) is 4.98 Å². The second kappa shape index (κ2) is 9.31. The van der Waals surface area contributed by atoms with E-state index in [-0.39, 0.29) is 12.1 Å². The van der Waals surface area contributed by atoms with Crippen molar-refractivity contribution in [1.82, 2.24) is 14.9 Å². The molecule has 4 aromatic rings. The Hall–Kier alpha value is -3.64. The number of hydrogen-bond acceptors (Lipinski definition) is 3. The minimum atomic E-state index is -0.0911. The van der Waals surface area contributed by atoms with E-state index in [1.54, 1.807) is 0 Å². The van der Waals surface area contributed by atoms with Gasteiger partial charge in [0, 0.05) is 29.5 Å². The summed E-state index contributed by atoms with van der Waals surface area (Å²) in [5.74, 6) is 0.867. The van der Waals surface area contributed by atoms with Gasteiger partial charge in [-0.25, -0.2) is 0 Å². The van der Waals surface area contributed by atoms with Gasteiger partial charge in [-0.2, -0.15) is 0 Å². The van der Waals surface area contributed by atoms with Gasteiger partial charge in [-0.15, -0.1) is 0 Å². The van der Waals surface area contributed by atoms with Gasteiger partial charge in [0.1, 0.15) is 11.8 Å². The molecule has 5 nitrogen and oxygen atoms in total. The molecular formula is C28H28N4OS. The molecule has 0 spiro atoms. The van der Waals surface area contributed by atoms with E-state index in [1.165, 1.54) is 11.1 Å². The van der Waals surface area contributed by atoms with Gasteiger partial charge in [0.15, 0.2) is 5.11 Å². The van der Waals surface area contributed by atoms with Gasteiger partial charge in [0.2, 0.25) is 0 Å². The van der Waals surface area contributed by atoms with Crippen molar-refractivity contribution in [2.75, 3.05) is 11.5 Å². The zero-order valence-corrected chi connectivity index (χ0v) is 20.4. The zero-order chi connectivity index (χ0) is 23.7. The van der Waals surface area contributed by atoms with E-state index in [9.17, 15) is 0 Å². The molecule has 1 aliphatic rings. The van der Waals surface area contributed by atoms with E-state index >= 15 is 0 Å². The summed E-state index contributed by atoms with van der Waals surface area (Å²) in [5.41, 5.74) is 6.73. The van der Waals surface area contributed by atoms with Crippen molar-refractivity contribution in [1.29, 1.82) is 0 Å². The number of benzene rings is 2. The number of ether oxygens (including phenoxy) is 1. The topological polar surface area (TPSA) is 42.3 Å². The van der Waals surface area contributed by atoms with Crippen LogP contribution >= 0.6 is 12.2 Å². The second-order valence-corrected chi connectivity index (χ2v) is 8.88. The Morgan fingerprint density at radius 3 is 2.44 bits per heavy atom. The molecule has 1 N–H and O–H groups in total. The van der Waals surface area contributed by atoms with Crippen LogP contribution in [0.15, 0.2) is 85.2 Å². The molecule has 0 amide bonds. The number of thiocarbonyl (C=S) groups is 1. The SMILES string of the molecule is CCOc1ccc(-n2cccc2[C@@H]2[C@@H](c3ccccn3)NC(=S)N2c2ccc(C)c(C)c2)cc1. The van der Waals surface area contributed by atoms with Gasteiger partial charge in [0.25, 0.3) is 0 Å². The standard InChI is InChI=1S/C28H28N4OS/c1-4-33-23-14-12-21(13-15-23)31-17-7-9-25(31)27-26(24-8-5-6-16-29-24)30-28(34)32(27)22-11-10-19(2)20(3)18-22/h5-18,26-27H,4H2,1-3H3,(H,30,34)/t26-,27-/m1/s1. The van der Waals surface area contributed by atoms with Crippen LogP contribution in [0.4, 0.5) is 5.69 Å². The van der Waals surface area contributed by atoms with Gasteiger partial charge < -0.3 is 19.5 Å². The average molecular weight is 469 g/mol. The van der Waals surface area contributed by atoms with E-state index in [4.69, 9.17) is 17.0 Å². The average Bonchev–Trinajstić information content (AvgIpc) is 3.46. The maximum Gasteiger partial charge on any atom is 0.174 e. The van der Waals surface area contributed by atoms with Crippen molar-refractivity contribution in [2.24, 2.45) is 0 Å². The van der Waals surface area contributed by atoms with Crippen LogP contribution in [0.2, 0.25) is 0 Å². The summed E-state index contributed by atoms with van der Waals surface area (Å²) >= 11 is 5.89. The summed E-state index contributed by atoms with van der Waals surface area (Å²) in [7, 11) is 0. The van der Waals surface area contributed by atoms with Crippen molar-refractivity contribution in [2.45, 2.75) is 32.9 Å².